The third kappa shape index (κ3) is 12.4. The van der Waals surface area contributed by atoms with E-state index in [4.69, 9.17) is 9.90 Å². The van der Waals surface area contributed by atoms with E-state index in [1.807, 2.05) is 24.3 Å². The van der Waals surface area contributed by atoms with Crippen LogP contribution in [0.5, 0.6) is 0 Å². The molecule has 3 heteroatoms. The second kappa shape index (κ2) is 8.76. The molecule has 63 valence electrons. The van der Waals surface area contributed by atoms with Gasteiger partial charge in [0.2, 0.25) is 0 Å². The largest absolute Gasteiger partial charge is 0.503 e. The standard InChI is InChI=1S/C7H7.C2H3O2.Y/c1-7-5-3-2-4-6-7;1-2(3)4;/h3-6H,1H3;1H2,(H,3,4);/q2*-1;. The van der Waals surface area contributed by atoms with Crippen molar-refractivity contribution in [1.82, 2.24) is 0 Å². The van der Waals surface area contributed by atoms with Gasteiger partial charge in [0.15, 0.2) is 5.97 Å². The van der Waals surface area contributed by atoms with Gasteiger partial charge in [0.25, 0.3) is 0 Å². The van der Waals surface area contributed by atoms with E-state index in [9.17, 15) is 0 Å². The molecular formula is C9H10O2Y-2. The summed E-state index contributed by atoms with van der Waals surface area (Å²) in [5.74, 6) is -1.08. The van der Waals surface area contributed by atoms with Crippen LogP contribution in [0.1, 0.15) is 5.56 Å². The zero-order chi connectivity index (χ0) is 8.69. The number of carboxylic acids is 1. The number of aliphatic carboxylic acids is 1. The molecule has 12 heavy (non-hydrogen) atoms. The number of rotatable bonds is 0. The SMILES string of the molecule is Cc1cc[c-]cc1.[CH2-]C(=O)O.[Y]. The summed E-state index contributed by atoms with van der Waals surface area (Å²) in [6, 6.07) is 10.8. The summed E-state index contributed by atoms with van der Waals surface area (Å²) in [6.45, 7) is 4.62. The average Bonchev–Trinajstić information content (AvgIpc) is 1.87. The minimum Gasteiger partial charge on any atom is -0.503 e. The van der Waals surface area contributed by atoms with Gasteiger partial charge < -0.3 is 5.11 Å². The first-order valence-corrected chi connectivity index (χ1v) is 3.10. The molecule has 0 amide bonds. The molecule has 1 rings (SSSR count). The van der Waals surface area contributed by atoms with Crippen LogP contribution in [0, 0.1) is 19.9 Å². The molecule has 0 saturated carbocycles. The van der Waals surface area contributed by atoms with E-state index in [1.165, 1.54) is 5.56 Å². The van der Waals surface area contributed by atoms with E-state index in [0.29, 0.717) is 0 Å². The molecule has 0 fully saturated rings. The van der Waals surface area contributed by atoms with Gasteiger partial charge in [0.1, 0.15) is 0 Å². The average molecular weight is 239 g/mol. The summed E-state index contributed by atoms with van der Waals surface area (Å²) in [5.41, 5.74) is 1.29. The maximum atomic E-state index is 8.89. The normalized spacial score (nSPS) is 7.08. The molecule has 0 bridgehead atoms. The van der Waals surface area contributed by atoms with Gasteiger partial charge in [-0.25, -0.2) is 0 Å². The fraction of sp³-hybridized carbons (Fsp3) is 0.111. The molecule has 0 spiro atoms. The van der Waals surface area contributed by atoms with Crippen LogP contribution in [0.4, 0.5) is 0 Å². The van der Waals surface area contributed by atoms with Crippen molar-refractivity contribution in [2.24, 2.45) is 0 Å². The monoisotopic (exact) mass is 239 g/mol. The summed E-state index contributed by atoms with van der Waals surface area (Å²) >= 11 is 0. The Balaban J connectivity index is 0. The molecule has 0 saturated heterocycles. The summed E-state index contributed by atoms with van der Waals surface area (Å²) < 4.78 is 0. The third-order valence-electron chi connectivity index (χ3n) is 0.885. The van der Waals surface area contributed by atoms with Gasteiger partial charge >= 0.3 is 0 Å². The first-order valence-electron chi connectivity index (χ1n) is 3.10. The van der Waals surface area contributed by atoms with Gasteiger partial charge in [-0.1, -0.05) is 6.92 Å². The van der Waals surface area contributed by atoms with Crippen molar-refractivity contribution < 1.29 is 42.6 Å². The maximum Gasteiger partial charge on any atom is 0.161 e. The molecule has 0 aliphatic rings. The zero-order valence-corrected chi connectivity index (χ0v) is 9.79. The Labute approximate surface area is 97.9 Å². The third-order valence-corrected chi connectivity index (χ3v) is 0.885. The van der Waals surface area contributed by atoms with Crippen molar-refractivity contribution in [2.75, 3.05) is 0 Å². The summed E-state index contributed by atoms with van der Waals surface area (Å²) in [5, 5.41) is 7.31. The number of hydrogen-bond donors (Lipinski definition) is 1. The first-order chi connectivity index (χ1) is 5.13. The predicted molar refractivity (Wildman–Crippen MR) is 43.0 cm³/mol. The van der Waals surface area contributed by atoms with Crippen LogP contribution in [0.2, 0.25) is 0 Å². The number of hydrogen-bond acceptors (Lipinski definition) is 1. The Morgan fingerprint density at radius 1 is 1.50 bits per heavy atom. The first kappa shape index (κ1) is 14.2. The van der Waals surface area contributed by atoms with E-state index >= 15 is 0 Å². The van der Waals surface area contributed by atoms with Crippen LogP contribution in [0.25, 0.3) is 0 Å². The van der Waals surface area contributed by atoms with E-state index < -0.39 is 5.97 Å². The quantitative estimate of drug-likeness (QED) is 0.699. The van der Waals surface area contributed by atoms with Crippen LogP contribution in [0.3, 0.4) is 0 Å². The summed E-state index contributed by atoms with van der Waals surface area (Å²) in [4.78, 5) is 8.89. The van der Waals surface area contributed by atoms with Crippen molar-refractivity contribution in [1.29, 1.82) is 0 Å². The fourth-order valence-electron chi connectivity index (χ4n) is 0.470. The minimum absolute atomic E-state index is 0. The summed E-state index contributed by atoms with van der Waals surface area (Å²) in [6.07, 6.45) is 0. The second-order valence-electron chi connectivity index (χ2n) is 1.97. The van der Waals surface area contributed by atoms with Crippen LogP contribution < -0.4 is 0 Å². The molecule has 0 aliphatic heterocycles. The molecule has 1 radical (unpaired) electrons. The van der Waals surface area contributed by atoms with Crippen molar-refractivity contribution in [2.45, 2.75) is 6.92 Å². The van der Waals surface area contributed by atoms with Gasteiger partial charge in [-0.2, -0.15) is 35.9 Å². The number of benzene rings is 1. The molecule has 0 aromatic heterocycles. The van der Waals surface area contributed by atoms with Crippen LogP contribution >= 0.6 is 0 Å². The van der Waals surface area contributed by atoms with Gasteiger partial charge in [-0.05, 0) is 0 Å². The van der Waals surface area contributed by atoms with Gasteiger partial charge in [0, 0.05) is 32.7 Å². The molecule has 2 nitrogen and oxygen atoms in total. The molecule has 0 unspecified atom stereocenters. The van der Waals surface area contributed by atoms with Crippen molar-refractivity contribution in [3.05, 3.63) is 42.8 Å². The number of aryl methyl sites for hydroxylation is 1. The van der Waals surface area contributed by atoms with E-state index in [0.717, 1.165) is 0 Å². The molecule has 1 N–H and O–H groups in total. The Hall–Kier alpha value is -0.336. The molecule has 1 aromatic carbocycles. The maximum absolute atomic E-state index is 8.89. The van der Waals surface area contributed by atoms with E-state index in [-0.39, 0.29) is 32.7 Å². The van der Waals surface area contributed by atoms with E-state index in [2.05, 4.69) is 19.9 Å². The minimum atomic E-state index is -1.08. The van der Waals surface area contributed by atoms with Gasteiger partial charge in [-0.3, -0.25) is 11.7 Å². The molecule has 0 atom stereocenters. The predicted octanol–water partition coefficient (Wildman–Crippen LogP) is 1.70. The number of carboxylic acid groups (broad SMARTS) is 1. The molecule has 0 heterocycles. The van der Waals surface area contributed by atoms with Crippen molar-refractivity contribution in [3.8, 4) is 0 Å². The van der Waals surface area contributed by atoms with Gasteiger partial charge in [0.05, 0.1) is 0 Å². The summed E-state index contributed by atoms with van der Waals surface area (Å²) in [7, 11) is 0. The Kier molecular flexibility index (Phi) is 10.4. The molecule has 0 aliphatic carbocycles. The number of carbonyl (C=O) groups is 1. The van der Waals surface area contributed by atoms with Gasteiger partial charge in [-0.15, -0.1) is 0 Å². The Morgan fingerprint density at radius 3 is 2.00 bits per heavy atom. The zero-order valence-electron chi connectivity index (χ0n) is 6.95. The van der Waals surface area contributed by atoms with Crippen LogP contribution in [0.15, 0.2) is 24.3 Å². The smallest absolute Gasteiger partial charge is 0.161 e. The van der Waals surface area contributed by atoms with E-state index in [1.54, 1.807) is 0 Å². The Bertz CT molecular complexity index is 205. The van der Waals surface area contributed by atoms with Crippen molar-refractivity contribution in [3.63, 3.8) is 0 Å². The topological polar surface area (TPSA) is 37.3 Å². The fourth-order valence-corrected chi connectivity index (χ4v) is 0.470. The van der Waals surface area contributed by atoms with Crippen molar-refractivity contribution >= 4 is 5.97 Å². The Morgan fingerprint density at radius 2 is 1.83 bits per heavy atom. The molecule has 1 aromatic rings. The van der Waals surface area contributed by atoms with Crippen LogP contribution in [-0.2, 0) is 37.5 Å². The second-order valence-corrected chi connectivity index (χ2v) is 1.97. The molecular weight excluding hydrogens is 229 g/mol. The van der Waals surface area contributed by atoms with Crippen LogP contribution in [-0.4, -0.2) is 11.1 Å².